The number of carbonyl (C=O) groups is 1. The first kappa shape index (κ1) is 6.60. The van der Waals surface area contributed by atoms with Crippen molar-refractivity contribution < 1.29 is 14.6 Å². The van der Waals surface area contributed by atoms with Gasteiger partial charge in [-0.3, -0.25) is 0 Å². The van der Waals surface area contributed by atoms with Crippen LogP contribution in [0.4, 0.5) is 0 Å². The molecule has 0 fully saturated rings. The average Bonchev–Trinajstić information content (AvgIpc) is 2.34. The van der Waals surface area contributed by atoms with Crippen LogP contribution in [-0.2, 0) is 4.74 Å². The van der Waals surface area contributed by atoms with E-state index in [1.54, 1.807) is 0 Å². The van der Waals surface area contributed by atoms with Gasteiger partial charge in [-0.05, 0) is 0 Å². The number of hydrogen-bond acceptors (Lipinski definition) is 4. The zero-order valence-corrected chi connectivity index (χ0v) is 5.29. The summed E-state index contributed by atoms with van der Waals surface area (Å²) >= 11 is 0. The number of ether oxygens (including phenoxy) is 1. The topological polar surface area (TPSA) is 75.2 Å². The molecule has 5 nitrogen and oxygen atoms in total. The van der Waals surface area contributed by atoms with E-state index in [-0.39, 0.29) is 11.7 Å². The molecule has 2 N–H and O–H groups in total. The Morgan fingerprint density at radius 3 is 3.00 bits per heavy atom. The minimum Gasteiger partial charge on any atom is -0.493 e. The number of carbonyl (C=O) groups excluding carboxylic acids is 1. The van der Waals surface area contributed by atoms with Gasteiger partial charge in [-0.1, -0.05) is 0 Å². The van der Waals surface area contributed by atoms with E-state index >= 15 is 0 Å². The summed E-state index contributed by atoms with van der Waals surface area (Å²) in [5, 5.41) is 8.67. The highest BCUT2D eigenvalue weighted by Gasteiger charge is 2.08. The Morgan fingerprint density at radius 2 is 2.60 bits per heavy atom. The molecule has 0 saturated heterocycles. The second-order valence-corrected chi connectivity index (χ2v) is 1.61. The second-order valence-electron chi connectivity index (χ2n) is 1.61. The Labute approximate surface area is 56.7 Å². The number of esters is 1. The molecule has 0 atom stereocenters. The summed E-state index contributed by atoms with van der Waals surface area (Å²) in [7, 11) is 1.24. The fourth-order valence-electron chi connectivity index (χ4n) is 0.512. The van der Waals surface area contributed by atoms with Gasteiger partial charge in [0.25, 0.3) is 0 Å². The highest BCUT2D eigenvalue weighted by molar-refractivity contribution is 5.85. The Morgan fingerprint density at radius 1 is 1.90 bits per heavy atom. The van der Waals surface area contributed by atoms with Crippen LogP contribution in [0.5, 0.6) is 5.88 Å². The first-order valence-electron chi connectivity index (χ1n) is 2.56. The third-order valence-electron chi connectivity index (χ3n) is 0.941. The van der Waals surface area contributed by atoms with Crippen LogP contribution in [0, 0.1) is 0 Å². The average molecular weight is 142 g/mol. The number of methoxy groups -OCH3 is 1. The molecule has 5 heteroatoms. The fourth-order valence-corrected chi connectivity index (χ4v) is 0.512. The Kier molecular flexibility index (Phi) is 1.57. The van der Waals surface area contributed by atoms with Crippen molar-refractivity contribution in [3.63, 3.8) is 0 Å². The lowest BCUT2D eigenvalue weighted by atomic mass is 10.6. The summed E-state index contributed by atoms with van der Waals surface area (Å²) < 4.78 is 4.31. The van der Waals surface area contributed by atoms with Crippen molar-refractivity contribution in [3.8, 4) is 5.88 Å². The van der Waals surface area contributed by atoms with Crippen LogP contribution in [0.25, 0.3) is 0 Å². The van der Waals surface area contributed by atoms with Gasteiger partial charge in [-0.25, -0.2) is 9.78 Å². The largest absolute Gasteiger partial charge is 0.493 e. The van der Waals surface area contributed by atoms with E-state index < -0.39 is 5.97 Å². The molecule has 0 aliphatic rings. The Bertz CT molecular complexity index is 243. The highest BCUT2D eigenvalue weighted by Crippen LogP contribution is 2.02. The molecule has 10 heavy (non-hydrogen) atoms. The van der Waals surface area contributed by atoms with E-state index in [9.17, 15) is 4.79 Å². The number of aromatic hydroxyl groups is 1. The molecule has 1 aromatic rings. The number of rotatable bonds is 1. The first-order chi connectivity index (χ1) is 4.74. The van der Waals surface area contributed by atoms with E-state index in [2.05, 4.69) is 14.7 Å². The van der Waals surface area contributed by atoms with Gasteiger partial charge in [0.05, 0.1) is 13.3 Å². The van der Waals surface area contributed by atoms with E-state index in [0.717, 1.165) is 6.20 Å². The summed E-state index contributed by atoms with van der Waals surface area (Å²) in [5.74, 6) is -0.749. The lowest BCUT2D eigenvalue weighted by Crippen LogP contribution is -2.02. The molecule has 0 aromatic carbocycles. The van der Waals surface area contributed by atoms with Crippen molar-refractivity contribution >= 4 is 5.97 Å². The smallest absolute Gasteiger partial charge is 0.374 e. The lowest BCUT2D eigenvalue weighted by molar-refractivity contribution is 0.0587. The SMILES string of the molecule is COC(=O)c1ncc(O)[nH]1. The van der Waals surface area contributed by atoms with Gasteiger partial charge in [-0.15, -0.1) is 0 Å². The van der Waals surface area contributed by atoms with Crippen molar-refractivity contribution in [1.29, 1.82) is 0 Å². The summed E-state index contributed by atoms with van der Waals surface area (Å²) in [6.45, 7) is 0. The van der Waals surface area contributed by atoms with Crippen LogP contribution in [0.2, 0.25) is 0 Å². The number of nitrogens with zero attached hydrogens (tertiary/aromatic N) is 1. The van der Waals surface area contributed by atoms with Crippen molar-refractivity contribution in [2.24, 2.45) is 0 Å². The predicted molar refractivity (Wildman–Crippen MR) is 31.6 cm³/mol. The van der Waals surface area contributed by atoms with Crippen molar-refractivity contribution in [3.05, 3.63) is 12.0 Å². The molecule has 0 amide bonds. The van der Waals surface area contributed by atoms with Gasteiger partial charge in [0, 0.05) is 0 Å². The van der Waals surface area contributed by atoms with Crippen molar-refractivity contribution in [2.45, 2.75) is 0 Å². The minimum atomic E-state index is -0.597. The van der Waals surface area contributed by atoms with Crippen LogP contribution in [-0.4, -0.2) is 28.2 Å². The summed E-state index contributed by atoms with van der Waals surface area (Å²) in [4.78, 5) is 16.4. The van der Waals surface area contributed by atoms with Crippen LogP contribution < -0.4 is 0 Å². The van der Waals surface area contributed by atoms with E-state index in [4.69, 9.17) is 5.11 Å². The standard InChI is InChI=1S/C5H6N2O3/c1-10-5(9)4-6-2-3(8)7-4/h2,8H,1H3,(H,6,7). The van der Waals surface area contributed by atoms with Crippen molar-refractivity contribution in [1.82, 2.24) is 9.97 Å². The number of nitrogens with one attached hydrogen (secondary N) is 1. The van der Waals surface area contributed by atoms with Gasteiger partial charge in [0.2, 0.25) is 11.7 Å². The molecular formula is C5H6N2O3. The van der Waals surface area contributed by atoms with Gasteiger partial charge < -0.3 is 14.8 Å². The van der Waals surface area contributed by atoms with Crippen molar-refractivity contribution in [2.75, 3.05) is 7.11 Å². The van der Waals surface area contributed by atoms with Gasteiger partial charge in [-0.2, -0.15) is 0 Å². The molecule has 1 heterocycles. The maximum Gasteiger partial charge on any atom is 0.374 e. The number of hydrogen-bond donors (Lipinski definition) is 2. The predicted octanol–water partition coefficient (Wildman–Crippen LogP) is -0.0981. The molecule has 54 valence electrons. The maximum absolute atomic E-state index is 10.6. The van der Waals surface area contributed by atoms with E-state index in [1.165, 1.54) is 7.11 Å². The third kappa shape index (κ3) is 1.07. The molecule has 0 spiro atoms. The summed E-state index contributed by atoms with van der Waals surface area (Å²) in [6, 6.07) is 0. The monoisotopic (exact) mass is 142 g/mol. The summed E-state index contributed by atoms with van der Waals surface area (Å²) in [6.07, 6.45) is 1.13. The van der Waals surface area contributed by atoms with Crippen LogP contribution in [0.3, 0.4) is 0 Å². The van der Waals surface area contributed by atoms with E-state index in [0.29, 0.717) is 0 Å². The van der Waals surface area contributed by atoms with Crippen LogP contribution in [0.15, 0.2) is 6.20 Å². The second kappa shape index (κ2) is 2.38. The number of H-pyrrole nitrogens is 1. The lowest BCUT2D eigenvalue weighted by Gasteiger charge is -1.90. The van der Waals surface area contributed by atoms with E-state index in [1.807, 2.05) is 0 Å². The zero-order chi connectivity index (χ0) is 7.56. The molecule has 0 aliphatic carbocycles. The molecule has 0 aliphatic heterocycles. The van der Waals surface area contributed by atoms with Gasteiger partial charge in [0.1, 0.15) is 0 Å². The number of aromatic nitrogens is 2. The summed E-state index contributed by atoms with van der Waals surface area (Å²) in [5.41, 5.74) is 0. The molecule has 0 unspecified atom stereocenters. The van der Waals surface area contributed by atoms with Gasteiger partial charge >= 0.3 is 5.97 Å². The molecule has 0 radical (unpaired) electrons. The normalized spacial score (nSPS) is 9.30. The van der Waals surface area contributed by atoms with Crippen LogP contribution >= 0.6 is 0 Å². The fraction of sp³-hybridized carbons (Fsp3) is 0.200. The quantitative estimate of drug-likeness (QED) is 0.537. The molecule has 0 saturated carbocycles. The molecular weight excluding hydrogens is 136 g/mol. The minimum absolute atomic E-state index is 0.000000000000000444. The van der Waals surface area contributed by atoms with Gasteiger partial charge in [0.15, 0.2) is 0 Å². The Balaban J connectivity index is 2.85. The van der Waals surface area contributed by atoms with Crippen LogP contribution in [0.1, 0.15) is 10.6 Å². The zero-order valence-electron chi connectivity index (χ0n) is 5.29. The molecule has 0 bridgehead atoms. The number of aromatic amines is 1. The third-order valence-corrected chi connectivity index (χ3v) is 0.941. The molecule has 1 aromatic heterocycles. The maximum atomic E-state index is 10.6. The Hall–Kier alpha value is -1.52. The molecule has 1 rings (SSSR count). The first-order valence-corrected chi connectivity index (χ1v) is 2.56. The highest BCUT2D eigenvalue weighted by atomic mass is 16.5. The number of imidazole rings is 1.